The van der Waals surface area contributed by atoms with Gasteiger partial charge >= 0.3 is 5.97 Å². The summed E-state index contributed by atoms with van der Waals surface area (Å²) in [5.41, 5.74) is 1.39. The topological polar surface area (TPSA) is 58.6 Å². The lowest BCUT2D eigenvalue weighted by atomic mass is 9.90. The van der Waals surface area contributed by atoms with E-state index in [-0.39, 0.29) is 17.8 Å². The summed E-state index contributed by atoms with van der Waals surface area (Å²) in [6.45, 7) is 6.16. The summed E-state index contributed by atoms with van der Waals surface area (Å²) in [7, 11) is 1.36. The van der Waals surface area contributed by atoms with Crippen molar-refractivity contribution in [1.82, 2.24) is 10.2 Å². The highest BCUT2D eigenvalue weighted by atomic mass is 16.5. The standard InChI is InChI=1S/C21H32N2O3/c1-4-16(2)20(21(25)26-3)22-19(24)15-23-12-10-18(11-13-23)14-17-8-6-5-7-9-17/h5-9,16,18,20H,4,10-15H2,1-3H3,(H,22,24)/t16-,20+/m0/s1. The Bertz CT molecular complexity index is 568. The molecule has 2 rings (SSSR count). The van der Waals surface area contributed by atoms with Crippen molar-refractivity contribution < 1.29 is 14.3 Å². The largest absolute Gasteiger partial charge is 0.467 e. The number of hydrogen-bond donors (Lipinski definition) is 1. The minimum Gasteiger partial charge on any atom is -0.467 e. The second-order valence-electron chi connectivity index (χ2n) is 7.36. The van der Waals surface area contributed by atoms with Gasteiger partial charge in [-0.05, 0) is 49.8 Å². The summed E-state index contributed by atoms with van der Waals surface area (Å²) < 4.78 is 4.83. The molecule has 0 aromatic heterocycles. The average Bonchev–Trinajstić information content (AvgIpc) is 2.67. The second kappa shape index (κ2) is 10.3. The number of amides is 1. The molecule has 5 nitrogen and oxygen atoms in total. The van der Waals surface area contributed by atoms with Crippen LogP contribution in [-0.4, -0.2) is 49.6 Å². The highest BCUT2D eigenvalue weighted by molar-refractivity contribution is 5.85. The molecule has 1 saturated heterocycles. The summed E-state index contributed by atoms with van der Waals surface area (Å²) in [6, 6.07) is 10.0. The molecule has 1 fully saturated rings. The molecule has 1 N–H and O–H groups in total. The van der Waals surface area contributed by atoms with E-state index in [4.69, 9.17) is 4.74 Å². The van der Waals surface area contributed by atoms with Crippen LogP contribution < -0.4 is 5.32 Å². The van der Waals surface area contributed by atoms with Crippen molar-refractivity contribution in [3.8, 4) is 0 Å². The summed E-state index contributed by atoms with van der Waals surface area (Å²) in [6.07, 6.45) is 4.13. The van der Waals surface area contributed by atoms with Crippen molar-refractivity contribution in [2.45, 2.75) is 45.6 Å². The number of piperidine rings is 1. The SMILES string of the molecule is CC[C@H](C)[C@@H](NC(=O)CN1CCC(Cc2ccccc2)CC1)C(=O)OC. The molecule has 144 valence electrons. The van der Waals surface area contributed by atoms with Gasteiger partial charge in [-0.1, -0.05) is 50.6 Å². The number of carbonyl (C=O) groups is 2. The van der Waals surface area contributed by atoms with Crippen LogP contribution in [0.4, 0.5) is 0 Å². The zero-order valence-corrected chi connectivity index (χ0v) is 16.2. The average molecular weight is 360 g/mol. The Morgan fingerprint density at radius 1 is 1.23 bits per heavy atom. The van der Waals surface area contributed by atoms with Gasteiger partial charge in [0, 0.05) is 0 Å². The molecule has 1 aliphatic rings. The molecule has 1 aliphatic heterocycles. The van der Waals surface area contributed by atoms with Crippen molar-refractivity contribution in [2.24, 2.45) is 11.8 Å². The van der Waals surface area contributed by atoms with Crippen LogP contribution in [0.15, 0.2) is 30.3 Å². The van der Waals surface area contributed by atoms with Gasteiger partial charge in [-0.3, -0.25) is 9.69 Å². The molecule has 0 radical (unpaired) electrons. The lowest BCUT2D eigenvalue weighted by Crippen LogP contribution is -2.50. The lowest BCUT2D eigenvalue weighted by Gasteiger charge is -2.32. The number of ether oxygens (including phenoxy) is 1. The minimum absolute atomic E-state index is 0.0583. The molecule has 0 saturated carbocycles. The Kier molecular flexibility index (Phi) is 8.10. The van der Waals surface area contributed by atoms with E-state index >= 15 is 0 Å². The summed E-state index contributed by atoms with van der Waals surface area (Å²) in [5.74, 6) is 0.277. The fourth-order valence-corrected chi connectivity index (χ4v) is 3.51. The van der Waals surface area contributed by atoms with Crippen LogP contribution in [0.3, 0.4) is 0 Å². The summed E-state index contributed by atoms with van der Waals surface area (Å²) in [5, 5.41) is 2.86. The normalized spacial score (nSPS) is 18.1. The first-order valence-electron chi connectivity index (χ1n) is 9.67. The van der Waals surface area contributed by atoms with Gasteiger partial charge in [0.15, 0.2) is 0 Å². The Hall–Kier alpha value is -1.88. The van der Waals surface area contributed by atoms with Gasteiger partial charge in [0.25, 0.3) is 0 Å². The molecule has 1 heterocycles. The molecular formula is C21H32N2O3. The number of carbonyl (C=O) groups excluding carboxylic acids is 2. The fraction of sp³-hybridized carbons (Fsp3) is 0.619. The van der Waals surface area contributed by atoms with Crippen LogP contribution >= 0.6 is 0 Å². The number of hydrogen-bond acceptors (Lipinski definition) is 4. The molecule has 0 bridgehead atoms. The van der Waals surface area contributed by atoms with Gasteiger partial charge in [-0.2, -0.15) is 0 Å². The number of nitrogens with one attached hydrogen (secondary N) is 1. The van der Waals surface area contributed by atoms with E-state index in [1.807, 2.05) is 19.9 Å². The number of methoxy groups -OCH3 is 1. The molecular weight excluding hydrogens is 328 g/mol. The van der Waals surface area contributed by atoms with Crippen molar-refractivity contribution in [3.63, 3.8) is 0 Å². The fourth-order valence-electron chi connectivity index (χ4n) is 3.51. The Morgan fingerprint density at radius 2 is 1.88 bits per heavy atom. The van der Waals surface area contributed by atoms with E-state index in [1.165, 1.54) is 12.7 Å². The van der Waals surface area contributed by atoms with E-state index < -0.39 is 6.04 Å². The van der Waals surface area contributed by atoms with E-state index in [0.717, 1.165) is 38.8 Å². The minimum atomic E-state index is -0.562. The third kappa shape index (κ3) is 6.13. The predicted molar refractivity (Wildman–Crippen MR) is 103 cm³/mol. The number of esters is 1. The molecule has 26 heavy (non-hydrogen) atoms. The molecule has 0 unspecified atom stereocenters. The van der Waals surface area contributed by atoms with Crippen molar-refractivity contribution in [2.75, 3.05) is 26.7 Å². The summed E-state index contributed by atoms with van der Waals surface area (Å²) in [4.78, 5) is 26.5. The third-order valence-corrected chi connectivity index (χ3v) is 5.43. The van der Waals surface area contributed by atoms with Crippen molar-refractivity contribution in [1.29, 1.82) is 0 Å². The first kappa shape index (κ1) is 20.4. The quantitative estimate of drug-likeness (QED) is 0.724. The zero-order valence-electron chi connectivity index (χ0n) is 16.2. The van der Waals surface area contributed by atoms with Gasteiger partial charge in [0.2, 0.25) is 5.91 Å². The molecule has 1 aromatic carbocycles. The van der Waals surface area contributed by atoms with Crippen molar-refractivity contribution >= 4 is 11.9 Å². The predicted octanol–water partition coefficient (Wildman–Crippen LogP) is 2.65. The number of likely N-dealkylation sites (tertiary alicyclic amines) is 1. The smallest absolute Gasteiger partial charge is 0.328 e. The lowest BCUT2D eigenvalue weighted by molar-refractivity contribution is -0.146. The van der Waals surface area contributed by atoms with E-state index in [0.29, 0.717) is 12.5 Å². The third-order valence-electron chi connectivity index (χ3n) is 5.43. The van der Waals surface area contributed by atoms with E-state index in [2.05, 4.69) is 34.5 Å². The van der Waals surface area contributed by atoms with Crippen LogP contribution in [0.1, 0.15) is 38.7 Å². The first-order chi connectivity index (χ1) is 12.5. The molecule has 0 spiro atoms. The van der Waals surface area contributed by atoms with Gasteiger partial charge < -0.3 is 10.1 Å². The second-order valence-corrected chi connectivity index (χ2v) is 7.36. The van der Waals surface area contributed by atoms with E-state index in [1.54, 1.807) is 0 Å². The van der Waals surface area contributed by atoms with Crippen LogP contribution in [0, 0.1) is 11.8 Å². The van der Waals surface area contributed by atoms with Gasteiger partial charge in [0.05, 0.1) is 13.7 Å². The first-order valence-corrected chi connectivity index (χ1v) is 9.67. The van der Waals surface area contributed by atoms with Gasteiger partial charge in [-0.15, -0.1) is 0 Å². The number of rotatable bonds is 8. The number of nitrogens with zero attached hydrogens (tertiary/aromatic N) is 1. The molecule has 1 aromatic rings. The van der Waals surface area contributed by atoms with Gasteiger partial charge in [0.1, 0.15) is 6.04 Å². The van der Waals surface area contributed by atoms with Crippen LogP contribution in [0.2, 0.25) is 0 Å². The van der Waals surface area contributed by atoms with Gasteiger partial charge in [-0.25, -0.2) is 4.79 Å². The molecule has 5 heteroatoms. The molecule has 2 atom stereocenters. The maximum absolute atomic E-state index is 12.4. The zero-order chi connectivity index (χ0) is 18.9. The number of benzene rings is 1. The summed E-state index contributed by atoms with van der Waals surface area (Å²) >= 11 is 0. The van der Waals surface area contributed by atoms with Crippen LogP contribution in [0.5, 0.6) is 0 Å². The highest BCUT2D eigenvalue weighted by Gasteiger charge is 2.28. The van der Waals surface area contributed by atoms with Crippen LogP contribution in [0.25, 0.3) is 0 Å². The Morgan fingerprint density at radius 3 is 2.46 bits per heavy atom. The van der Waals surface area contributed by atoms with Crippen LogP contribution in [-0.2, 0) is 20.7 Å². The highest BCUT2D eigenvalue weighted by Crippen LogP contribution is 2.21. The van der Waals surface area contributed by atoms with E-state index in [9.17, 15) is 9.59 Å². The molecule has 1 amide bonds. The molecule has 0 aliphatic carbocycles. The van der Waals surface area contributed by atoms with Crippen molar-refractivity contribution in [3.05, 3.63) is 35.9 Å². The maximum atomic E-state index is 12.4. The monoisotopic (exact) mass is 360 g/mol. The Labute approximate surface area is 157 Å². The maximum Gasteiger partial charge on any atom is 0.328 e. The Balaban J connectivity index is 1.77.